The van der Waals surface area contributed by atoms with Gasteiger partial charge in [0.05, 0.1) is 6.10 Å². The molecule has 0 saturated heterocycles. The number of amides is 1. The van der Waals surface area contributed by atoms with Crippen molar-refractivity contribution in [1.29, 1.82) is 0 Å². The Kier molecular flexibility index (Phi) is 5.99. The summed E-state index contributed by atoms with van der Waals surface area (Å²) >= 11 is 6.13. The van der Waals surface area contributed by atoms with Crippen LogP contribution < -0.4 is 10.1 Å². The molecule has 1 unspecified atom stereocenters. The monoisotopic (exact) mass is 269 g/mol. The molecule has 0 bridgehead atoms. The number of hydrogen-bond donors (Lipinski definition) is 1. The number of alkyl halides is 1. The van der Waals surface area contributed by atoms with Gasteiger partial charge >= 0.3 is 0 Å². The molecule has 0 spiro atoms. The van der Waals surface area contributed by atoms with E-state index in [1.54, 1.807) is 0 Å². The predicted octanol–water partition coefficient (Wildman–Crippen LogP) is 3.28. The summed E-state index contributed by atoms with van der Waals surface area (Å²) in [6.07, 6.45) is 0.995. The number of carbonyl (C=O) groups excluding carboxylic acids is 1. The molecule has 100 valence electrons. The van der Waals surface area contributed by atoms with Gasteiger partial charge < -0.3 is 10.1 Å². The maximum atomic E-state index is 11.8. The molecule has 1 amide bonds. The fourth-order valence-electron chi connectivity index (χ4n) is 1.51. The molecule has 0 saturated carbocycles. The largest absolute Gasteiger partial charge is 0.491 e. The first-order valence-electron chi connectivity index (χ1n) is 6.23. The summed E-state index contributed by atoms with van der Waals surface area (Å²) in [5.41, 5.74) is 0.753. The van der Waals surface area contributed by atoms with Gasteiger partial charge in [-0.2, -0.15) is 0 Å². The zero-order valence-corrected chi connectivity index (χ0v) is 11.8. The van der Waals surface area contributed by atoms with Gasteiger partial charge in [0.1, 0.15) is 11.1 Å². The average Bonchev–Trinajstić information content (AvgIpc) is 2.34. The van der Waals surface area contributed by atoms with Crippen LogP contribution in [-0.2, 0) is 4.79 Å². The van der Waals surface area contributed by atoms with Gasteiger partial charge in [0.2, 0.25) is 5.91 Å². The lowest BCUT2D eigenvalue weighted by Gasteiger charge is -2.13. The van der Waals surface area contributed by atoms with Crippen LogP contribution in [0.2, 0.25) is 0 Å². The average molecular weight is 270 g/mol. The van der Waals surface area contributed by atoms with Crippen molar-refractivity contribution in [2.45, 2.75) is 38.7 Å². The van der Waals surface area contributed by atoms with Crippen LogP contribution in [0, 0.1) is 0 Å². The van der Waals surface area contributed by atoms with Crippen molar-refractivity contribution in [3.05, 3.63) is 29.8 Å². The third-order valence-electron chi connectivity index (χ3n) is 2.30. The molecule has 1 aromatic rings. The minimum Gasteiger partial charge on any atom is -0.491 e. The molecule has 0 aromatic heterocycles. The highest BCUT2D eigenvalue weighted by atomic mass is 35.5. The van der Waals surface area contributed by atoms with E-state index in [1.807, 2.05) is 45.0 Å². The second kappa shape index (κ2) is 7.27. The molecule has 0 aliphatic carbocycles. The van der Waals surface area contributed by atoms with Crippen molar-refractivity contribution < 1.29 is 9.53 Å². The number of carbonyl (C=O) groups is 1. The summed E-state index contributed by atoms with van der Waals surface area (Å²) in [5, 5.41) is 2.11. The molecule has 0 radical (unpaired) electrons. The summed E-state index contributed by atoms with van der Waals surface area (Å²) in [7, 11) is 0. The summed E-state index contributed by atoms with van der Waals surface area (Å²) in [4.78, 5) is 11.8. The van der Waals surface area contributed by atoms with Gasteiger partial charge in [0, 0.05) is 6.54 Å². The van der Waals surface area contributed by atoms with E-state index in [0.29, 0.717) is 6.54 Å². The second-order valence-corrected chi connectivity index (χ2v) is 4.83. The van der Waals surface area contributed by atoms with E-state index in [0.717, 1.165) is 17.7 Å². The van der Waals surface area contributed by atoms with Crippen molar-refractivity contribution in [2.24, 2.45) is 0 Å². The molecule has 4 heteroatoms. The zero-order valence-electron chi connectivity index (χ0n) is 11.1. The minimum atomic E-state index is -0.674. The van der Waals surface area contributed by atoms with Gasteiger partial charge in [-0.3, -0.25) is 4.79 Å². The van der Waals surface area contributed by atoms with Crippen molar-refractivity contribution in [2.75, 3.05) is 6.54 Å². The molecule has 0 aliphatic rings. The molecular formula is C14H20ClNO2. The van der Waals surface area contributed by atoms with Crippen LogP contribution in [0.5, 0.6) is 5.75 Å². The Morgan fingerprint density at radius 1 is 1.44 bits per heavy atom. The van der Waals surface area contributed by atoms with Crippen LogP contribution >= 0.6 is 11.6 Å². The maximum Gasteiger partial charge on any atom is 0.242 e. The van der Waals surface area contributed by atoms with Gasteiger partial charge in [0.25, 0.3) is 0 Å². The Bertz CT molecular complexity index is 393. The molecule has 18 heavy (non-hydrogen) atoms. The van der Waals surface area contributed by atoms with Crippen LogP contribution in [-0.4, -0.2) is 18.6 Å². The second-order valence-electron chi connectivity index (χ2n) is 4.39. The van der Waals surface area contributed by atoms with E-state index in [9.17, 15) is 4.79 Å². The maximum absolute atomic E-state index is 11.8. The highest BCUT2D eigenvalue weighted by Gasteiger charge is 2.17. The van der Waals surface area contributed by atoms with Crippen LogP contribution in [0.4, 0.5) is 0 Å². The molecule has 1 rings (SSSR count). The number of hydrogen-bond acceptors (Lipinski definition) is 2. The molecular weight excluding hydrogens is 250 g/mol. The highest BCUT2D eigenvalue weighted by Crippen LogP contribution is 2.25. The van der Waals surface area contributed by atoms with Crippen LogP contribution in [0.3, 0.4) is 0 Å². The van der Waals surface area contributed by atoms with Gasteiger partial charge in [-0.05, 0) is 38.0 Å². The normalized spacial score (nSPS) is 12.3. The molecule has 1 atom stereocenters. The lowest BCUT2D eigenvalue weighted by atomic mass is 10.1. The first-order valence-corrected chi connectivity index (χ1v) is 6.66. The minimum absolute atomic E-state index is 0.0999. The first-order chi connectivity index (χ1) is 8.54. The Balaban J connectivity index is 2.73. The van der Waals surface area contributed by atoms with Crippen LogP contribution in [0.15, 0.2) is 24.3 Å². The van der Waals surface area contributed by atoms with E-state index in [2.05, 4.69) is 5.32 Å². The van der Waals surface area contributed by atoms with Gasteiger partial charge in [0.15, 0.2) is 0 Å². The van der Waals surface area contributed by atoms with E-state index >= 15 is 0 Å². The number of benzene rings is 1. The number of halogens is 1. The van der Waals surface area contributed by atoms with Crippen molar-refractivity contribution >= 4 is 17.5 Å². The first kappa shape index (κ1) is 14.8. The molecule has 0 aliphatic heterocycles. The summed E-state index contributed by atoms with van der Waals surface area (Å²) in [6.45, 7) is 6.56. The van der Waals surface area contributed by atoms with Crippen molar-refractivity contribution in [1.82, 2.24) is 5.32 Å². The zero-order chi connectivity index (χ0) is 13.5. The number of rotatable bonds is 6. The Hall–Kier alpha value is -1.22. The quantitative estimate of drug-likeness (QED) is 0.805. The molecule has 3 nitrogen and oxygen atoms in total. The highest BCUT2D eigenvalue weighted by molar-refractivity contribution is 6.30. The number of nitrogens with one attached hydrogen (secondary N) is 1. The molecule has 1 aromatic carbocycles. The fraction of sp³-hybridized carbons (Fsp3) is 0.500. The van der Waals surface area contributed by atoms with Gasteiger partial charge in [-0.1, -0.05) is 19.1 Å². The van der Waals surface area contributed by atoms with E-state index in [1.165, 1.54) is 0 Å². The summed E-state index contributed by atoms with van der Waals surface area (Å²) in [5.74, 6) is 0.566. The van der Waals surface area contributed by atoms with E-state index in [-0.39, 0.29) is 12.0 Å². The smallest absolute Gasteiger partial charge is 0.242 e. The van der Waals surface area contributed by atoms with Gasteiger partial charge in [-0.15, -0.1) is 11.6 Å². The third kappa shape index (κ3) is 4.57. The molecule has 0 heterocycles. The van der Waals surface area contributed by atoms with Crippen LogP contribution in [0.25, 0.3) is 0 Å². The van der Waals surface area contributed by atoms with E-state index < -0.39 is 5.38 Å². The van der Waals surface area contributed by atoms with Crippen molar-refractivity contribution in [3.63, 3.8) is 0 Å². The fourth-order valence-corrected chi connectivity index (χ4v) is 1.72. The third-order valence-corrected chi connectivity index (χ3v) is 2.75. The van der Waals surface area contributed by atoms with Crippen molar-refractivity contribution in [3.8, 4) is 5.75 Å². The van der Waals surface area contributed by atoms with Gasteiger partial charge in [-0.25, -0.2) is 0 Å². The number of ether oxygens (including phenoxy) is 1. The summed E-state index contributed by atoms with van der Waals surface area (Å²) in [6, 6.07) is 7.34. The molecule has 1 N–H and O–H groups in total. The predicted molar refractivity (Wildman–Crippen MR) is 74.1 cm³/mol. The Morgan fingerprint density at radius 3 is 2.78 bits per heavy atom. The Morgan fingerprint density at radius 2 is 2.17 bits per heavy atom. The lowest BCUT2D eigenvalue weighted by molar-refractivity contribution is -0.120. The van der Waals surface area contributed by atoms with E-state index in [4.69, 9.17) is 16.3 Å². The Labute approximate surface area is 113 Å². The topological polar surface area (TPSA) is 38.3 Å². The molecule has 0 fully saturated rings. The standard InChI is InChI=1S/C14H20ClNO2/c1-4-8-16-14(17)13(15)11-6-5-7-12(9-11)18-10(2)3/h5-7,9-10,13H,4,8H2,1-3H3,(H,16,17). The lowest BCUT2D eigenvalue weighted by Crippen LogP contribution is -2.27. The summed E-state index contributed by atoms with van der Waals surface area (Å²) < 4.78 is 5.58. The SMILES string of the molecule is CCCNC(=O)C(Cl)c1cccc(OC(C)C)c1. The van der Waals surface area contributed by atoms with Crippen LogP contribution in [0.1, 0.15) is 38.1 Å².